The summed E-state index contributed by atoms with van der Waals surface area (Å²) in [6.07, 6.45) is 0. The van der Waals surface area contributed by atoms with E-state index in [1.165, 1.54) is 4.31 Å². The molecule has 0 saturated heterocycles. The minimum absolute atomic E-state index is 0.111. The largest absolute Gasteiger partial charge is 0.494 e. The first-order valence-corrected chi connectivity index (χ1v) is 7.27. The van der Waals surface area contributed by atoms with Crippen molar-refractivity contribution in [2.75, 3.05) is 19.4 Å². The maximum Gasteiger partial charge on any atom is 0.213 e. The summed E-state index contributed by atoms with van der Waals surface area (Å²) < 4.78 is 30.1. The van der Waals surface area contributed by atoms with Gasteiger partial charge in [-0.3, -0.25) is 0 Å². The van der Waals surface area contributed by atoms with Crippen molar-refractivity contribution in [2.45, 2.75) is 20.4 Å². The van der Waals surface area contributed by atoms with Crippen LogP contribution in [0.1, 0.15) is 19.4 Å². The van der Waals surface area contributed by atoms with Crippen LogP contribution in [-0.4, -0.2) is 32.1 Å². The Morgan fingerprint density at radius 2 is 1.88 bits per heavy atom. The summed E-state index contributed by atoms with van der Waals surface area (Å²) in [6.45, 7) is 4.46. The molecule has 1 aromatic rings. The van der Waals surface area contributed by atoms with Crippen LogP contribution in [0.4, 0.5) is 0 Å². The highest BCUT2D eigenvalue weighted by molar-refractivity contribution is 7.89. The van der Waals surface area contributed by atoms with E-state index in [0.717, 1.165) is 11.3 Å². The molecule has 1 rings (SSSR count). The first-order chi connectivity index (χ1) is 8.01. The molecule has 0 saturated carbocycles. The highest BCUT2D eigenvalue weighted by Gasteiger charge is 2.16. The normalized spacial score (nSPS) is 11.8. The molecule has 0 aliphatic heterocycles. The fourth-order valence-electron chi connectivity index (χ4n) is 1.49. The molecule has 1 aromatic carbocycles. The van der Waals surface area contributed by atoms with Crippen LogP contribution in [0.3, 0.4) is 0 Å². The monoisotopic (exact) mass is 257 g/mol. The lowest BCUT2D eigenvalue weighted by molar-refractivity contribution is 0.332. The molecule has 0 N–H and O–H groups in total. The number of nitrogens with zero attached hydrogens (tertiary/aromatic N) is 1. The molecular formula is C12H19NO3S. The van der Waals surface area contributed by atoms with Gasteiger partial charge < -0.3 is 4.74 Å². The van der Waals surface area contributed by atoms with Crippen molar-refractivity contribution in [1.29, 1.82) is 0 Å². The van der Waals surface area contributed by atoms with Crippen LogP contribution in [0.15, 0.2) is 24.3 Å². The van der Waals surface area contributed by atoms with Gasteiger partial charge in [-0.1, -0.05) is 18.2 Å². The molecule has 0 unspecified atom stereocenters. The van der Waals surface area contributed by atoms with Crippen LogP contribution in [0.25, 0.3) is 0 Å². The Kier molecular flexibility index (Phi) is 4.96. The van der Waals surface area contributed by atoms with Crippen molar-refractivity contribution in [3.63, 3.8) is 0 Å². The van der Waals surface area contributed by atoms with Crippen LogP contribution < -0.4 is 4.74 Å². The lowest BCUT2D eigenvalue weighted by Gasteiger charge is -2.18. The van der Waals surface area contributed by atoms with Gasteiger partial charge in [-0.15, -0.1) is 0 Å². The highest BCUT2D eigenvalue weighted by atomic mass is 32.2. The molecule has 17 heavy (non-hydrogen) atoms. The van der Waals surface area contributed by atoms with Crippen molar-refractivity contribution in [3.8, 4) is 5.75 Å². The lowest BCUT2D eigenvalue weighted by atomic mass is 10.2. The third-order valence-corrected chi connectivity index (χ3v) is 4.31. The van der Waals surface area contributed by atoms with Crippen molar-refractivity contribution >= 4 is 10.0 Å². The van der Waals surface area contributed by atoms with Gasteiger partial charge in [0, 0.05) is 19.2 Å². The maximum absolute atomic E-state index is 11.7. The Hall–Kier alpha value is -1.07. The number of benzene rings is 1. The standard InChI is InChI=1S/C12H19NO3S/c1-4-16-12-9-7-6-8-11(12)10-13(3)17(14,15)5-2/h6-9H,4-5,10H2,1-3H3. The van der Waals surface area contributed by atoms with E-state index in [9.17, 15) is 8.42 Å². The van der Waals surface area contributed by atoms with Gasteiger partial charge in [-0.25, -0.2) is 12.7 Å². The number of hydrogen-bond donors (Lipinski definition) is 0. The summed E-state index contributed by atoms with van der Waals surface area (Å²) in [7, 11) is -1.57. The van der Waals surface area contributed by atoms with Crippen LogP contribution in [0.2, 0.25) is 0 Å². The topological polar surface area (TPSA) is 46.6 Å². The molecule has 4 nitrogen and oxygen atoms in total. The van der Waals surface area contributed by atoms with Crippen molar-refractivity contribution in [2.24, 2.45) is 0 Å². The van der Waals surface area contributed by atoms with E-state index in [2.05, 4.69) is 0 Å². The predicted molar refractivity (Wildman–Crippen MR) is 68.5 cm³/mol. The molecule has 0 aromatic heterocycles. The fourth-order valence-corrected chi connectivity index (χ4v) is 2.27. The Bertz CT molecular complexity index is 457. The lowest BCUT2D eigenvalue weighted by Crippen LogP contribution is -2.28. The van der Waals surface area contributed by atoms with Crippen LogP contribution in [-0.2, 0) is 16.6 Å². The van der Waals surface area contributed by atoms with Crippen LogP contribution >= 0.6 is 0 Å². The van der Waals surface area contributed by atoms with Crippen molar-refractivity contribution < 1.29 is 13.2 Å². The van der Waals surface area contributed by atoms with E-state index < -0.39 is 10.0 Å². The maximum atomic E-state index is 11.7. The number of ether oxygens (including phenoxy) is 1. The summed E-state index contributed by atoms with van der Waals surface area (Å²) in [5.41, 5.74) is 0.883. The molecule has 0 heterocycles. The summed E-state index contributed by atoms with van der Waals surface area (Å²) in [6, 6.07) is 7.49. The molecule has 0 bridgehead atoms. The van der Waals surface area contributed by atoms with E-state index >= 15 is 0 Å². The zero-order chi connectivity index (χ0) is 12.9. The molecule has 5 heteroatoms. The van der Waals surface area contributed by atoms with Gasteiger partial charge in [0.05, 0.1) is 12.4 Å². The second-order valence-corrected chi connectivity index (χ2v) is 6.06. The van der Waals surface area contributed by atoms with Gasteiger partial charge in [0.15, 0.2) is 0 Å². The second-order valence-electron chi connectivity index (χ2n) is 3.70. The minimum Gasteiger partial charge on any atom is -0.494 e. The quantitative estimate of drug-likeness (QED) is 0.781. The molecule has 96 valence electrons. The summed E-state index contributed by atoms with van der Waals surface area (Å²) in [5, 5.41) is 0. The van der Waals surface area contributed by atoms with Gasteiger partial charge >= 0.3 is 0 Å². The molecule has 0 amide bonds. The van der Waals surface area contributed by atoms with Gasteiger partial charge in [0.1, 0.15) is 5.75 Å². The molecule has 0 fully saturated rings. The summed E-state index contributed by atoms with van der Waals surface area (Å²) in [5.74, 6) is 0.855. The number of hydrogen-bond acceptors (Lipinski definition) is 3. The molecule has 0 radical (unpaired) electrons. The van der Waals surface area contributed by atoms with Gasteiger partial charge in [0.25, 0.3) is 0 Å². The molecule has 0 atom stereocenters. The third kappa shape index (κ3) is 3.71. The number of sulfonamides is 1. The van der Waals surface area contributed by atoms with E-state index in [0.29, 0.717) is 13.2 Å². The second kappa shape index (κ2) is 6.02. The zero-order valence-electron chi connectivity index (χ0n) is 10.5. The van der Waals surface area contributed by atoms with Crippen LogP contribution in [0.5, 0.6) is 5.75 Å². The minimum atomic E-state index is -3.15. The Morgan fingerprint density at radius 3 is 2.47 bits per heavy atom. The Morgan fingerprint density at radius 1 is 1.24 bits per heavy atom. The van der Waals surface area contributed by atoms with Crippen molar-refractivity contribution in [3.05, 3.63) is 29.8 Å². The van der Waals surface area contributed by atoms with Crippen molar-refractivity contribution in [1.82, 2.24) is 4.31 Å². The molecule has 0 aliphatic carbocycles. The first kappa shape index (κ1) is 14.0. The fraction of sp³-hybridized carbons (Fsp3) is 0.500. The highest BCUT2D eigenvalue weighted by Crippen LogP contribution is 2.20. The van der Waals surface area contributed by atoms with E-state index in [1.807, 2.05) is 31.2 Å². The smallest absolute Gasteiger partial charge is 0.213 e. The summed E-state index contributed by atoms with van der Waals surface area (Å²) in [4.78, 5) is 0. The first-order valence-electron chi connectivity index (χ1n) is 5.66. The van der Waals surface area contributed by atoms with E-state index in [4.69, 9.17) is 4.74 Å². The van der Waals surface area contributed by atoms with Crippen LogP contribution in [0, 0.1) is 0 Å². The van der Waals surface area contributed by atoms with Gasteiger partial charge in [-0.05, 0) is 19.9 Å². The Balaban J connectivity index is 2.88. The van der Waals surface area contributed by atoms with Gasteiger partial charge in [0.2, 0.25) is 10.0 Å². The SMILES string of the molecule is CCOc1ccccc1CN(C)S(=O)(=O)CC. The van der Waals surface area contributed by atoms with E-state index in [1.54, 1.807) is 14.0 Å². The molecule has 0 aliphatic rings. The summed E-state index contributed by atoms with van der Waals surface area (Å²) >= 11 is 0. The number of para-hydroxylation sites is 1. The number of rotatable bonds is 6. The predicted octanol–water partition coefficient (Wildman–Crippen LogP) is 1.87. The molecule has 0 spiro atoms. The average molecular weight is 257 g/mol. The van der Waals surface area contributed by atoms with E-state index in [-0.39, 0.29) is 5.75 Å². The van der Waals surface area contributed by atoms with Gasteiger partial charge in [-0.2, -0.15) is 0 Å². The zero-order valence-corrected chi connectivity index (χ0v) is 11.3. The Labute approximate surface area is 103 Å². The average Bonchev–Trinajstić information content (AvgIpc) is 2.32. The molecular weight excluding hydrogens is 238 g/mol. The third-order valence-electron chi connectivity index (χ3n) is 2.51.